The molecule has 0 radical (unpaired) electrons. The van der Waals surface area contributed by atoms with Crippen LogP contribution in [0.15, 0.2) is 18.2 Å². The van der Waals surface area contributed by atoms with E-state index >= 15 is 0 Å². The van der Waals surface area contributed by atoms with Crippen molar-refractivity contribution in [1.82, 2.24) is 0 Å². The zero-order valence-electron chi connectivity index (χ0n) is 14.1. The van der Waals surface area contributed by atoms with E-state index in [0.717, 1.165) is 16.9 Å². The number of carboxylic acids is 1. The van der Waals surface area contributed by atoms with E-state index in [4.69, 9.17) is 21.1 Å². The summed E-state index contributed by atoms with van der Waals surface area (Å²) in [5, 5.41) is 20.5. The van der Waals surface area contributed by atoms with E-state index in [2.05, 4.69) is 6.07 Å². The monoisotopic (exact) mass is 392 g/mol. The lowest BCUT2D eigenvalue weighted by Crippen LogP contribution is -2.36. The van der Waals surface area contributed by atoms with Gasteiger partial charge in [-0.25, -0.2) is 4.79 Å². The van der Waals surface area contributed by atoms with Crippen molar-refractivity contribution in [2.45, 2.75) is 6.42 Å². The molecule has 1 aromatic carbocycles. The van der Waals surface area contributed by atoms with Crippen LogP contribution in [-0.4, -0.2) is 44.5 Å². The number of hydrogen-bond donors (Lipinski definition) is 1. The number of benzene rings is 1. The van der Waals surface area contributed by atoms with Crippen LogP contribution in [0.1, 0.15) is 26.4 Å². The van der Waals surface area contributed by atoms with Crippen LogP contribution in [0.4, 0.5) is 5.00 Å². The number of hydrogen-bond acceptors (Lipinski definition) is 6. The normalized spacial score (nSPS) is 14.1. The van der Waals surface area contributed by atoms with Gasteiger partial charge in [0.1, 0.15) is 21.7 Å². The second kappa shape index (κ2) is 7.96. The third kappa shape index (κ3) is 3.63. The highest BCUT2D eigenvalue weighted by Gasteiger charge is 2.27. The van der Waals surface area contributed by atoms with Crippen molar-refractivity contribution >= 4 is 33.9 Å². The van der Waals surface area contributed by atoms with Crippen molar-refractivity contribution in [2.24, 2.45) is 0 Å². The first kappa shape index (κ1) is 18.5. The summed E-state index contributed by atoms with van der Waals surface area (Å²) in [6, 6.07) is 7.43. The number of nitrogens with zero attached hydrogens (tertiary/aromatic N) is 2. The number of nitriles is 1. The molecule has 0 amide bonds. The summed E-state index contributed by atoms with van der Waals surface area (Å²) >= 11 is 7.45. The zero-order chi connectivity index (χ0) is 18.7. The molecule has 1 aliphatic rings. The Morgan fingerprint density at radius 2 is 2.19 bits per heavy atom. The van der Waals surface area contributed by atoms with Gasteiger partial charge in [0, 0.05) is 30.1 Å². The van der Waals surface area contributed by atoms with E-state index in [1.165, 1.54) is 0 Å². The molecule has 0 atom stereocenters. The van der Waals surface area contributed by atoms with Crippen LogP contribution >= 0.6 is 22.9 Å². The van der Waals surface area contributed by atoms with E-state index in [9.17, 15) is 15.2 Å². The molecule has 0 spiro atoms. The molecular weight excluding hydrogens is 376 g/mol. The van der Waals surface area contributed by atoms with Crippen molar-refractivity contribution in [3.63, 3.8) is 0 Å². The third-order valence-corrected chi connectivity index (χ3v) is 5.85. The predicted octanol–water partition coefficient (Wildman–Crippen LogP) is 3.41. The summed E-state index contributed by atoms with van der Waals surface area (Å²) in [5.41, 5.74) is 1.65. The van der Waals surface area contributed by atoms with Crippen LogP contribution < -0.4 is 9.64 Å². The first-order valence-electron chi connectivity index (χ1n) is 7.99. The lowest BCUT2D eigenvalue weighted by molar-refractivity contribution is 0.0701. The molecule has 3 rings (SSSR count). The molecule has 2 heterocycles. The Kier molecular flexibility index (Phi) is 5.67. The Bertz CT molecular complexity index is 869. The van der Waals surface area contributed by atoms with Crippen LogP contribution in [0.3, 0.4) is 0 Å². The maximum Gasteiger partial charge on any atom is 0.346 e. The molecule has 0 unspecified atom stereocenters. The number of thiophene rings is 1. The Balaban J connectivity index is 2.03. The highest BCUT2D eigenvalue weighted by atomic mass is 35.5. The number of carboxylic acid groups (broad SMARTS) is 1. The fraction of sp³-hybridized carbons (Fsp3) is 0.333. The number of methoxy groups -OCH3 is 1. The average Bonchev–Trinajstić information content (AvgIpc) is 3.02. The van der Waals surface area contributed by atoms with Gasteiger partial charge in [-0.05, 0) is 17.7 Å². The minimum atomic E-state index is -1.04. The molecule has 1 saturated heterocycles. The second-order valence-corrected chi connectivity index (χ2v) is 7.15. The molecule has 0 aliphatic carbocycles. The molecule has 0 saturated carbocycles. The Hall–Kier alpha value is -2.27. The molecular formula is C18H17ClN2O4S. The van der Waals surface area contributed by atoms with Gasteiger partial charge < -0.3 is 19.5 Å². The van der Waals surface area contributed by atoms with Crippen molar-refractivity contribution in [3.8, 4) is 11.8 Å². The second-order valence-electron chi connectivity index (χ2n) is 5.74. The lowest BCUT2D eigenvalue weighted by Gasteiger charge is -2.27. The van der Waals surface area contributed by atoms with Gasteiger partial charge in [-0.3, -0.25) is 0 Å². The van der Waals surface area contributed by atoms with Gasteiger partial charge in [0.2, 0.25) is 0 Å². The van der Waals surface area contributed by atoms with Gasteiger partial charge in [-0.1, -0.05) is 17.7 Å². The fourth-order valence-corrected chi connectivity index (χ4v) is 4.28. The number of aromatic carboxylic acids is 1. The predicted molar refractivity (Wildman–Crippen MR) is 99.8 cm³/mol. The number of morpholine rings is 1. The van der Waals surface area contributed by atoms with Gasteiger partial charge in [-0.2, -0.15) is 5.26 Å². The molecule has 8 heteroatoms. The van der Waals surface area contributed by atoms with Crippen molar-refractivity contribution in [2.75, 3.05) is 38.3 Å². The van der Waals surface area contributed by atoms with Crippen LogP contribution in [0.5, 0.6) is 5.75 Å². The van der Waals surface area contributed by atoms with Gasteiger partial charge in [0.25, 0.3) is 0 Å². The van der Waals surface area contributed by atoms with E-state index in [-0.39, 0.29) is 11.3 Å². The lowest BCUT2D eigenvalue weighted by atomic mass is 10.0. The molecule has 6 nitrogen and oxygen atoms in total. The van der Waals surface area contributed by atoms with Crippen molar-refractivity contribution in [3.05, 3.63) is 44.8 Å². The molecule has 0 bridgehead atoms. The van der Waals surface area contributed by atoms with Crippen LogP contribution in [0.25, 0.3) is 0 Å². The summed E-state index contributed by atoms with van der Waals surface area (Å²) in [4.78, 5) is 14.0. The quantitative estimate of drug-likeness (QED) is 0.839. The van der Waals surface area contributed by atoms with E-state index in [1.807, 2.05) is 4.90 Å². The summed E-state index contributed by atoms with van der Waals surface area (Å²) in [5.74, 6) is -0.414. The van der Waals surface area contributed by atoms with E-state index < -0.39 is 5.97 Å². The van der Waals surface area contributed by atoms with Gasteiger partial charge in [-0.15, -0.1) is 11.3 Å². The number of ether oxygens (including phenoxy) is 2. The van der Waals surface area contributed by atoms with E-state index in [0.29, 0.717) is 53.2 Å². The highest BCUT2D eigenvalue weighted by Crippen LogP contribution is 2.38. The fourth-order valence-electron chi connectivity index (χ4n) is 2.89. The summed E-state index contributed by atoms with van der Waals surface area (Å²) in [7, 11) is 1.55. The standard InChI is InChI=1S/C18H17ClN2O4S/c1-24-12-3-2-11(15(19)9-12)8-13-14(10-20)17(26-16(13)18(22)23)21-4-6-25-7-5-21/h2-3,9H,4-8H2,1H3,(H,22,23). The minimum absolute atomic E-state index is 0.176. The molecule has 136 valence electrons. The SMILES string of the molecule is COc1ccc(Cc2c(C(=O)O)sc(N3CCOCC3)c2C#N)c(Cl)c1. The Morgan fingerprint density at radius 1 is 1.46 bits per heavy atom. The molecule has 1 N–H and O–H groups in total. The summed E-state index contributed by atoms with van der Waals surface area (Å²) in [6.07, 6.45) is 0.272. The average molecular weight is 393 g/mol. The Labute approximate surface area is 160 Å². The minimum Gasteiger partial charge on any atom is -0.497 e. The topological polar surface area (TPSA) is 82.8 Å². The van der Waals surface area contributed by atoms with Gasteiger partial charge >= 0.3 is 5.97 Å². The maximum atomic E-state index is 11.8. The molecule has 1 fully saturated rings. The molecule has 1 aromatic heterocycles. The molecule has 26 heavy (non-hydrogen) atoms. The Morgan fingerprint density at radius 3 is 2.77 bits per heavy atom. The molecule has 2 aromatic rings. The maximum absolute atomic E-state index is 11.8. The number of carbonyl (C=O) groups is 1. The zero-order valence-corrected chi connectivity index (χ0v) is 15.7. The third-order valence-electron chi connectivity index (χ3n) is 4.22. The van der Waals surface area contributed by atoms with Crippen molar-refractivity contribution < 1.29 is 19.4 Å². The number of rotatable bonds is 5. The van der Waals surface area contributed by atoms with Gasteiger partial charge in [0.05, 0.1) is 25.9 Å². The van der Waals surface area contributed by atoms with Crippen LogP contribution in [0, 0.1) is 11.3 Å². The largest absolute Gasteiger partial charge is 0.497 e. The number of halogens is 1. The van der Waals surface area contributed by atoms with Gasteiger partial charge in [0.15, 0.2) is 0 Å². The highest BCUT2D eigenvalue weighted by molar-refractivity contribution is 7.18. The summed E-state index contributed by atoms with van der Waals surface area (Å²) in [6.45, 7) is 2.39. The summed E-state index contributed by atoms with van der Waals surface area (Å²) < 4.78 is 10.5. The van der Waals surface area contributed by atoms with Crippen molar-refractivity contribution in [1.29, 1.82) is 5.26 Å². The first-order valence-corrected chi connectivity index (χ1v) is 9.18. The van der Waals surface area contributed by atoms with Crippen LogP contribution in [0.2, 0.25) is 5.02 Å². The smallest absolute Gasteiger partial charge is 0.346 e. The van der Waals surface area contributed by atoms with E-state index in [1.54, 1.807) is 25.3 Å². The van der Waals surface area contributed by atoms with Crippen LogP contribution in [-0.2, 0) is 11.2 Å². The number of anilines is 1. The molecule has 1 aliphatic heterocycles. The first-order chi connectivity index (χ1) is 12.5.